The summed E-state index contributed by atoms with van der Waals surface area (Å²) in [5.41, 5.74) is 1.01. The van der Waals surface area contributed by atoms with Crippen LogP contribution in [0.5, 0.6) is 5.75 Å². The van der Waals surface area contributed by atoms with Crippen LogP contribution in [-0.4, -0.2) is 49.8 Å². The smallest absolute Gasteiger partial charge is 0.330 e. The van der Waals surface area contributed by atoms with Crippen molar-refractivity contribution >= 4 is 37.6 Å². The topological polar surface area (TPSA) is 67.8 Å². The van der Waals surface area contributed by atoms with Gasteiger partial charge in [-0.2, -0.15) is 0 Å². The summed E-state index contributed by atoms with van der Waals surface area (Å²) in [6.45, 7) is 11.4. The molecule has 35 heavy (non-hydrogen) atoms. The molecule has 190 valence electrons. The predicted molar refractivity (Wildman–Crippen MR) is 141 cm³/mol. The number of hydrogen-bond donors (Lipinski definition) is 0. The number of halogens is 1. The van der Waals surface area contributed by atoms with Crippen molar-refractivity contribution in [2.75, 3.05) is 23.2 Å². The van der Waals surface area contributed by atoms with Gasteiger partial charge in [-0.05, 0) is 55.8 Å². The number of fused-ring (bicyclic) bond motifs is 1. The number of carbonyl (C=O) groups is 1. The first-order chi connectivity index (χ1) is 16.4. The number of ether oxygens (including phenoxy) is 1. The molecule has 1 aliphatic heterocycles. The minimum atomic E-state index is -1.94. The summed E-state index contributed by atoms with van der Waals surface area (Å²) < 4.78 is 26.8. The normalized spacial score (nSPS) is 20.9. The van der Waals surface area contributed by atoms with Crippen LogP contribution in [0.2, 0.25) is 18.1 Å². The van der Waals surface area contributed by atoms with E-state index in [1.165, 1.54) is 29.8 Å². The molecule has 0 N–H and O–H groups in total. The third-order valence-electron chi connectivity index (χ3n) is 7.43. The molecule has 4 rings (SSSR count). The molecule has 2 unspecified atom stereocenters. The van der Waals surface area contributed by atoms with Crippen LogP contribution in [0, 0.1) is 5.82 Å². The Balaban J connectivity index is 1.67. The quantitative estimate of drug-likeness (QED) is 0.256. The summed E-state index contributed by atoms with van der Waals surface area (Å²) in [5, 5.41) is 0.722. The fourth-order valence-corrected chi connectivity index (χ4v) is 6.20. The molecule has 0 bridgehead atoms. The first kappa shape index (κ1) is 25.9. The molecule has 2 amide bonds. The van der Waals surface area contributed by atoms with Gasteiger partial charge in [-0.25, -0.2) is 19.2 Å². The van der Waals surface area contributed by atoms with Gasteiger partial charge in [-0.1, -0.05) is 32.5 Å². The molecular weight excluding hydrogens is 483 g/mol. The molecule has 1 aromatic heterocycles. The molecule has 0 saturated heterocycles. The highest BCUT2D eigenvalue weighted by Gasteiger charge is 2.45. The Morgan fingerprint density at radius 3 is 2.60 bits per heavy atom. The van der Waals surface area contributed by atoms with E-state index in [0.717, 1.165) is 24.8 Å². The van der Waals surface area contributed by atoms with Gasteiger partial charge in [0.25, 0.3) is 0 Å². The summed E-state index contributed by atoms with van der Waals surface area (Å²) in [6.07, 6.45) is 6.17. The van der Waals surface area contributed by atoms with Gasteiger partial charge >= 0.3 is 6.03 Å². The molecule has 1 saturated carbocycles. The highest BCUT2D eigenvalue weighted by molar-refractivity contribution is 7.98. The average Bonchev–Trinajstić information content (AvgIpc) is 3.24. The summed E-state index contributed by atoms with van der Waals surface area (Å²) in [6, 6.07) is 4.20. The molecule has 1 aromatic carbocycles. The molecule has 0 spiro atoms. The summed E-state index contributed by atoms with van der Waals surface area (Å²) in [4.78, 5) is 26.2. The monoisotopic (exact) mass is 518 g/mol. The van der Waals surface area contributed by atoms with E-state index in [0.29, 0.717) is 16.7 Å². The Hall–Kier alpha value is -2.17. The average molecular weight is 519 g/mol. The van der Waals surface area contributed by atoms with Gasteiger partial charge in [-0.3, -0.25) is 9.80 Å². The number of nitrogens with zero attached hydrogens (tertiary/aromatic N) is 4. The Kier molecular flexibility index (Phi) is 7.18. The maximum Gasteiger partial charge on any atom is 0.330 e. The van der Waals surface area contributed by atoms with Crippen LogP contribution in [0.3, 0.4) is 0 Å². The van der Waals surface area contributed by atoms with E-state index in [4.69, 9.17) is 14.1 Å². The summed E-state index contributed by atoms with van der Waals surface area (Å²) >= 11 is 1.44. The molecule has 1 aliphatic carbocycles. The first-order valence-electron chi connectivity index (χ1n) is 12.0. The van der Waals surface area contributed by atoms with Crippen molar-refractivity contribution in [1.82, 2.24) is 9.97 Å². The number of methoxy groups -OCH3 is 1. The summed E-state index contributed by atoms with van der Waals surface area (Å²) in [7, 11) is -0.452. The highest BCUT2D eigenvalue weighted by Crippen LogP contribution is 2.42. The molecule has 0 radical (unpaired) electrons. The predicted octanol–water partition coefficient (Wildman–Crippen LogP) is 6.24. The number of hydrogen-bond acceptors (Lipinski definition) is 6. The van der Waals surface area contributed by atoms with Gasteiger partial charge in [0.05, 0.1) is 19.3 Å². The van der Waals surface area contributed by atoms with Crippen molar-refractivity contribution < 1.29 is 18.3 Å². The van der Waals surface area contributed by atoms with Crippen molar-refractivity contribution in [2.45, 2.75) is 82.0 Å². The van der Waals surface area contributed by atoms with E-state index < -0.39 is 14.1 Å². The number of carbonyl (C=O) groups excluding carboxylic acids is 1. The second-order valence-corrected chi connectivity index (χ2v) is 16.3. The minimum Gasteiger partial charge on any atom is -0.497 e. The van der Waals surface area contributed by atoms with Crippen LogP contribution in [0.15, 0.2) is 29.6 Å². The number of urea groups is 1. The SMILES string of the molecule is COc1ccc(N2Cc3cnc(SC)nc3N(C3CCC(O[Si](C)(C)C(C)(C)C)C3)C2=O)c(F)c1. The van der Waals surface area contributed by atoms with Gasteiger partial charge in [0.15, 0.2) is 19.3 Å². The third kappa shape index (κ3) is 5.06. The van der Waals surface area contributed by atoms with E-state index >= 15 is 4.39 Å². The van der Waals surface area contributed by atoms with Gasteiger partial charge in [0.1, 0.15) is 11.6 Å². The first-order valence-corrected chi connectivity index (χ1v) is 16.1. The zero-order valence-corrected chi connectivity index (χ0v) is 23.4. The Bertz CT molecular complexity index is 1110. The molecule has 7 nitrogen and oxygen atoms in total. The molecule has 1 fully saturated rings. The lowest BCUT2D eigenvalue weighted by Crippen LogP contribution is -2.52. The van der Waals surface area contributed by atoms with Gasteiger partial charge in [0, 0.05) is 30.0 Å². The fourth-order valence-electron chi connectivity index (χ4n) is 4.46. The zero-order chi connectivity index (χ0) is 25.5. The highest BCUT2D eigenvalue weighted by atomic mass is 32.2. The Morgan fingerprint density at radius 1 is 1.23 bits per heavy atom. The van der Waals surface area contributed by atoms with Crippen molar-refractivity contribution in [3.8, 4) is 5.75 Å². The number of amides is 2. The van der Waals surface area contributed by atoms with E-state index in [1.807, 2.05) is 6.26 Å². The Morgan fingerprint density at radius 2 is 1.97 bits per heavy atom. The minimum absolute atomic E-state index is 0.0789. The molecular formula is C25H35FN4O3SSi. The Labute approximate surface area is 212 Å². The number of aromatic nitrogens is 2. The van der Waals surface area contributed by atoms with Gasteiger partial charge in [-0.15, -0.1) is 0 Å². The molecule has 2 heterocycles. The van der Waals surface area contributed by atoms with Crippen molar-refractivity contribution in [3.05, 3.63) is 35.8 Å². The lowest BCUT2D eigenvalue weighted by atomic mass is 10.1. The summed E-state index contributed by atoms with van der Waals surface area (Å²) in [5.74, 6) is 0.521. The maximum absolute atomic E-state index is 15.0. The zero-order valence-electron chi connectivity index (χ0n) is 21.6. The fraction of sp³-hybridized carbons (Fsp3) is 0.560. The van der Waals surface area contributed by atoms with Crippen molar-refractivity contribution in [1.29, 1.82) is 0 Å². The second-order valence-electron chi connectivity index (χ2n) is 10.7. The van der Waals surface area contributed by atoms with Crippen LogP contribution >= 0.6 is 11.8 Å². The molecule has 10 heteroatoms. The number of anilines is 2. The standard InChI is InChI=1S/C25H35FN4O3SSi/c1-25(2,3)35(6,7)33-19-9-8-17(12-19)30-22-16(14-27-23(28-22)34-5)15-29(24(30)31)21-11-10-18(32-4)13-20(21)26/h10-11,13-14,17,19H,8-9,12,15H2,1-7H3. The maximum atomic E-state index is 15.0. The van der Waals surface area contributed by atoms with Gasteiger partial charge in [0.2, 0.25) is 0 Å². The van der Waals surface area contributed by atoms with Crippen LogP contribution in [-0.2, 0) is 11.0 Å². The van der Waals surface area contributed by atoms with Crippen molar-refractivity contribution in [2.24, 2.45) is 0 Å². The molecule has 2 atom stereocenters. The molecule has 2 aliphatic rings. The van der Waals surface area contributed by atoms with Gasteiger partial charge < -0.3 is 9.16 Å². The van der Waals surface area contributed by atoms with Crippen molar-refractivity contribution in [3.63, 3.8) is 0 Å². The molecule has 2 aromatic rings. The van der Waals surface area contributed by atoms with E-state index in [-0.39, 0.29) is 35.4 Å². The number of benzene rings is 1. The van der Waals surface area contributed by atoms with Crippen LogP contribution in [0.4, 0.5) is 20.7 Å². The van der Waals surface area contributed by atoms with E-state index in [1.54, 1.807) is 23.2 Å². The number of rotatable bonds is 6. The second kappa shape index (κ2) is 9.70. The number of thioether (sulfide) groups is 1. The van der Waals surface area contributed by atoms with Crippen LogP contribution in [0.1, 0.15) is 45.6 Å². The van der Waals surface area contributed by atoms with Crippen LogP contribution < -0.4 is 14.5 Å². The lowest BCUT2D eigenvalue weighted by Gasteiger charge is -2.40. The van der Waals surface area contributed by atoms with E-state index in [2.05, 4.69) is 38.8 Å². The van der Waals surface area contributed by atoms with Crippen LogP contribution in [0.25, 0.3) is 0 Å². The largest absolute Gasteiger partial charge is 0.497 e. The third-order valence-corrected chi connectivity index (χ3v) is 12.5. The lowest BCUT2D eigenvalue weighted by molar-refractivity contribution is 0.186. The van der Waals surface area contributed by atoms with E-state index in [9.17, 15) is 4.79 Å².